The van der Waals surface area contributed by atoms with Gasteiger partial charge in [0.1, 0.15) is 11.3 Å². The van der Waals surface area contributed by atoms with Crippen molar-refractivity contribution in [3.63, 3.8) is 0 Å². The second-order valence-corrected chi connectivity index (χ2v) is 6.88. The molecule has 1 saturated heterocycles. The highest BCUT2D eigenvalue weighted by atomic mass is 16.6. The third-order valence-corrected chi connectivity index (χ3v) is 3.79. The number of nitrogens with zero attached hydrogens (tertiary/aromatic N) is 4. The molecular formula is C17H22N4O4. The fraction of sp³-hybridized carbons (Fsp3) is 0.529. The number of amides is 1. The number of nitro groups is 1. The van der Waals surface area contributed by atoms with E-state index >= 15 is 0 Å². The van der Waals surface area contributed by atoms with Crippen molar-refractivity contribution in [2.45, 2.75) is 32.8 Å². The summed E-state index contributed by atoms with van der Waals surface area (Å²) >= 11 is 0. The second-order valence-electron chi connectivity index (χ2n) is 6.88. The first kappa shape index (κ1) is 18.5. The van der Waals surface area contributed by atoms with Crippen LogP contribution in [-0.4, -0.2) is 47.7 Å². The van der Waals surface area contributed by atoms with E-state index in [-0.39, 0.29) is 11.8 Å². The lowest BCUT2D eigenvalue weighted by atomic mass is 10.1. The topological polar surface area (TPSA) is 99.7 Å². The highest BCUT2D eigenvalue weighted by Crippen LogP contribution is 2.30. The van der Waals surface area contributed by atoms with Gasteiger partial charge in [0, 0.05) is 32.2 Å². The number of carbonyl (C=O) groups excluding carboxylic acids is 1. The van der Waals surface area contributed by atoms with Gasteiger partial charge in [-0.15, -0.1) is 0 Å². The van der Waals surface area contributed by atoms with E-state index in [4.69, 9.17) is 10.00 Å². The molecular weight excluding hydrogens is 324 g/mol. The summed E-state index contributed by atoms with van der Waals surface area (Å²) in [6, 6.07) is 6.32. The van der Waals surface area contributed by atoms with Gasteiger partial charge in [0.25, 0.3) is 5.69 Å². The molecule has 1 heterocycles. The fourth-order valence-corrected chi connectivity index (χ4v) is 2.67. The average Bonchev–Trinajstić information content (AvgIpc) is 2.78. The second kappa shape index (κ2) is 7.38. The Balaban J connectivity index is 2.17. The maximum Gasteiger partial charge on any atom is 0.410 e. The predicted octanol–water partition coefficient (Wildman–Crippen LogP) is 2.91. The summed E-state index contributed by atoms with van der Waals surface area (Å²) in [6.07, 6.45) is 0.280. The number of anilines is 1. The van der Waals surface area contributed by atoms with Crippen molar-refractivity contribution in [3.05, 3.63) is 33.9 Å². The van der Waals surface area contributed by atoms with Crippen LogP contribution in [0.15, 0.2) is 18.2 Å². The quantitative estimate of drug-likeness (QED) is 0.603. The van der Waals surface area contributed by atoms with E-state index < -0.39 is 10.5 Å². The minimum Gasteiger partial charge on any atom is -0.444 e. The maximum atomic E-state index is 12.2. The molecule has 0 saturated carbocycles. The first-order chi connectivity index (χ1) is 11.7. The molecule has 1 amide bonds. The molecule has 25 heavy (non-hydrogen) atoms. The lowest BCUT2D eigenvalue weighted by Crippen LogP contribution is -2.39. The van der Waals surface area contributed by atoms with Gasteiger partial charge in [-0.3, -0.25) is 10.1 Å². The zero-order valence-corrected chi connectivity index (χ0v) is 14.7. The van der Waals surface area contributed by atoms with Crippen LogP contribution in [-0.2, 0) is 4.74 Å². The Morgan fingerprint density at radius 3 is 2.60 bits per heavy atom. The highest BCUT2D eigenvalue weighted by Gasteiger charge is 2.27. The van der Waals surface area contributed by atoms with Gasteiger partial charge in [0.15, 0.2) is 0 Å². The van der Waals surface area contributed by atoms with Gasteiger partial charge in [0.05, 0.1) is 16.6 Å². The van der Waals surface area contributed by atoms with Gasteiger partial charge in [0.2, 0.25) is 0 Å². The minimum absolute atomic E-state index is 0.0373. The molecule has 0 unspecified atom stereocenters. The fourth-order valence-electron chi connectivity index (χ4n) is 2.67. The standard InChI is InChI=1S/C17H22N4O4/c1-17(2,3)25-16(22)20-8-4-7-19(9-10-20)15-11-13(12-18)5-6-14(15)21(23)24/h5-6,11H,4,7-10H2,1-3H3. The normalized spacial score (nSPS) is 15.3. The first-order valence-electron chi connectivity index (χ1n) is 8.12. The van der Waals surface area contributed by atoms with Crippen molar-refractivity contribution in [2.24, 2.45) is 0 Å². The highest BCUT2D eigenvalue weighted by molar-refractivity contribution is 5.69. The van der Waals surface area contributed by atoms with Gasteiger partial charge >= 0.3 is 6.09 Å². The molecule has 1 aromatic rings. The van der Waals surface area contributed by atoms with Crippen molar-refractivity contribution in [3.8, 4) is 6.07 Å². The Kier molecular flexibility index (Phi) is 5.47. The van der Waals surface area contributed by atoms with Gasteiger partial charge < -0.3 is 14.5 Å². The third-order valence-electron chi connectivity index (χ3n) is 3.79. The number of hydrogen-bond acceptors (Lipinski definition) is 6. The van der Waals surface area contributed by atoms with Crippen molar-refractivity contribution < 1.29 is 14.5 Å². The number of nitro benzene ring substituents is 1. The van der Waals surface area contributed by atoms with E-state index in [1.807, 2.05) is 31.7 Å². The molecule has 0 aliphatic carbocycles. The van der Waals surface area contributed by atoms with Gasteiger partial charge in [-0.1, -0.05) is 0 Å². The SMILES string of the molecule is CC(C)(C)OC(=O)N1CCCN(c2cc(C#N)ccc2[N+](=O)[O-])CC1. The number of carbonyl (C=O) groups is 1. The van der Waals surface area contributed by atoms with Gasteiger partial charge in [-0.2, -0.15) is 5.26 Å². The molecule has 8 nitrogen and oxygen atoms in total. The predicted molar refractivity (Wildman–Crippen MR) is 92.4 cm³/mol. The van der Waals surface area contributed by atoms with Crippen molar-refractivity contribution in [1.29, 1.82) is 5.26 Å². The van der Waals surface area contributed by atoms with E-state index in [0.717, 1.165) is 0 Å². The Morgan fingerprint density at radius 1 is 1.28 bits per heavy atom. The number of rotatable bonds is 2. The molecule has 8 heteroatoms. The largest absolute Gasteiger partial charge is 0.444 e. The van der Waals surface area contributed by atoms with E-state index in [1.54, 1.807) is 4.90 Å². The monoisotopic (exact) mass is 346 g/mol. The Labute approximate surface area is 146 Å². The molecule has 1 aliphatic heterocycles. The van der Waals surface area contributed by atoms with E-state index in [0.29, 0.717) is 43.9 Å². The number of benzene rings is 1. The molecule has 1 fully saturated rings. The average molecular weight is 346 g/mol. The van der Waals surface area contributed by atoms with Gasteiger partial charge in [-0.05, 0) is 39.3 Å². The molecule has 2 rings (SSSR count). The molecule has 1 aromatic carbocycles. The van der Waals surface area contributed by atoms with Crippen LogP contribution in [0.2, 0.25) is 0 Å². The number of hydrogen-bond donors (Lipinski definition) is 0. The molecule has 0 aromatic heterocycles. The van der Waals surface area contributed by atoms with Crippen molar-refractivity contribution >= 4 is 17.5 Å². The molecule has 134 valence electrons. The summed E-state index contributed by atoms with van der Waals surface area (Å²) in [6.45, 7) is 7.37. The third kappa shape index (κ3) is 4.83. The molecule has 0 bridgehead atoms. The zero-order chi connectivity index (χ0) is 18.6. The van der Waals surface area contributed by atoms with Crippen LogP contribution < -0.4 is 4.90 Å². The Hall–Kier alpha value is -2.82. The summed E-state index contributed by atoms with van der Waals surface area (Å²) < 4.78 is 5.39. The van der Waals surface area contributed by atoms with Crippen LogP contribution in [0.3, 0.4) is 0 Å². The molecule has 0 N–H and O–H groups in total. The summed E-state index contributed by atoms with van der Waals surface area (Å²) in [5.74, 6) is 0. The molecule has 0 radical (unpaired) electrons. The lowest BCUT2D eigenvalue weighted by Gasteiger charge is -2.26. The summed E-state index contributed by atoms with van der Waals surface area (Å²) in [7, 11) is 0. The van der Waals surface area contributed by atoms with E-state index in [1.165, 1.54) is 18.2 Å². The smallest absolute Gasteiger partial charge is 0.410 e. The minimum atomic E-state index is -0.566. The van der Waals surface area contributed by atoms with Crippen LogP contribution >= 0.6 is 0 Å². The summed E-state index contributed by atoms with van der Waals surface area (Å²) in [5.41, 5.74) is 0.178. The van der Waals surface area contributed by atoms with E-state index in [2.05, 4.69) is 0 Å². The Bertz CT molecular complexity index is 706. The van der Waals surface area contributed by atoms with Crippen LogP contribution in [0, 0.1) is 21.4 Å². The molecule has 0 spiro atoms. The van der Waals surface area contributed by atoms with Crippen molar-refractivity contribution in [2.75, 3.05) is 31.1 Å². The number of nitriles is 1. The van der Waals surface area contributed by atoms with E-state index in [9.17, 15) is 14.9 Å². The molecule has 0 atom stereocenters. The molecule has 1 aliphatic rings. The summed E-state index contributed by atoms with van der Waals surface area (Å²) in [5, 5.41) is 20.4. The maximum absolute atomic E-state index is 12.2. The van der Waals surface area contributed by atoms with Gasteiger partial charge in [-0.25, -0.2) is 4.79 Å². The number of ether oxygens (including phenoxy) is 1. The zero-order valence-electron chi connectivity index (χ0n) is 14.7. The van der Waals surface area contributed by atoms with Crippen LogP contribution in [0.5, 0.6) is 0 Å². The van der Waals surface area contributed by atoms with Crippen LogP contribution in [0.4, 0.5) is 16.2 Å². The van der Waals surface area contributed by atoms with Crippen molar-refractivity contribution in [1.82, 2.24) is 4.90 Å². The Morgan fingerprint density at radius 2 is 2.00 bits per heavy atom. The first-order valence-corrected chi connectivity index (χ1v) is 8.12. The van der Waals surface area contributed by atoms with Crippen LogP contribution in [0.25, 0.3) is 0 Å². The lowest BCUT2D eigenvalue weighted by molar-refractivity contribution is -0.384. The summed E-state index contributed by atoms with van der Waals surface area (Å²) in [4.78, 5) is 26.5. The van der Waals surface area contributed by atoms with Crippen LogP contribution in [0.1, 0.15) is 32.8 Å².